The van der Waals surface area contributed by atoms with E-state index in [1.807, 2.05) is 0 Å². The monoisotopic (exact) mass is 195 g/mol. The van der Waals surface area contributed by atoms with Crippen molar-refractivity contribution in [2.24, 2.45) is 0 Å². The minimum atomic E-state index is -2.04. The van der Waals surface area contributed by atoms with Crippen LogP contribution in [0.4, 0.5) is 0 Å². The molecule has 0 amide bonds. The first kappa shape index (κ1) is 8.58. The van der Waals surface area contributed by atoms with Crippen molar-refractivity contribution in [3.8, 4) is 0 Å². The second-order valence-corrected chi connectivity index (χ2v) is 2.07. The number of rotatable bonds is 3. The molecule has 0 spiro atoms. The zero-order chi connectivity index (χ0) is 7.49. The van der Waals surface area contributed by atoms with Gasteiger partial charge in [-0.15, -0.1) is 0 Å². The van der Waals surface area contributed by atoms with Crippen molar-refractivity contribution in [1.82, 2.24) is 0 Å². The number of carbonyl (C=O) groups is 1. The predicted molar refractivity (Wildman–Crippen MR) is 35.2 cm³/mol. The predicted octanol–water partition coefficient (Wildman–Crippen LogP) is -0.153. The van der Waals surface area contributed by atoms with Crippen LogP contribution in [0.15, 0.2) is 0 Å². The first-order chi connectivity index (χ1) is 4.06. The molecule has 3 N–H and O–H groups in total. The summed E-state index contributed by atoms with van der Waals surface area (Å²) in [5.41, 5.74) is -2.04. The summed E-state index contributed by atoms with van der Waals surface area (Å²) in [7, 11) is 0. The summed E-state index contributed by atoms with van der Waals surface area (Å²) in [4.78, 5) is 10.1. The molecule has 0 aliphatic carbocycles. The van der Waals surface area contributed by atoms with Gasteiger partial charge in [0.05, 0.1) is 0 Å². The Morgan fingerprint density at radius 3 is 2.33 bits per heavy atom. The van der Waals surface area contributed by atoms with E-state index in [0.29, 0.717) is 6.21 Å². The molecule has 0 rings (SSSR count). The van der Waals surface area contributed by atoms with E-state index < -0.39 is 11.6 Å². The molecule has 5 heteroatoms. The van der Waals surface area contributed by atoms with Gasteiger partial charge in [-0.2, -0.15) is 0 Å². The van der Waals surface area contributed by atoms with Crippen molar-refractivity contribution in [3.63, 3.8) is 0 Å². The Kier molecular flexibility index (Phi) is 2.80. The zero-order valence-electron chi connectivity index (χ0n) is 4.47. The van der Waals surface area contributed by atoms with Crippen LogP contribution in [0.3, 0.4) is 0 Å². The average molecular weight is 196 g/mol. The highest BCUT2D eigenvalue weighted by molar-refractivity contribution is 9.09. The average Bonchev–Trinajstić information content (AvgIpc) is 1.86. The van der Waals surface area contributed by atoms with Gasteiger partial charge in [0.25, 0.3) is 0 Å². The number of alkyl halides is 1. The molecule has 0 aromatic carbocycles. The summed E-state index contributed by atoms with van der Waals surface area (Å²) in [5.74, 6) is -1.42. The Morgan fingerprint density at radius 1 is 1.89 bits per heavy atom. The van der Waals surface area contributed by atoms with Gasteiger partial charge < -0.3 is 15.6 Å². The van der Waals surface area contributed by atoms with E-state index in [-0.39, 0.29) is 5.33 Å². The van der Waals surface area contributed by atoms with E-state index in [1.54, 1.807) is 0 Å². The highest BCUT2D eigenvalue weighted by Crippen LogP contribution is 2.04. The number of carboxylic acids is 1. The molecule has 0 aromatic heterocycles. The standard InChI is InChI=1S/C4H6BrNO3/c5-1-4(9,2-6)3(7)8/h2,6,9H,1H2,(H,7,8)/t4-/m1/s1. The van der Waals surface area contributed by atoms with Gasteiger partial charge >= 0.3 is 5.97 Å². The maximum absolute atomic E-state index is 10.1. The molecular formula is C4H6BrNO3. The second-order valence-electron chi connectivity index (χ2n) is 1.51. The lowest BCUT2D eigenvalue weighted by atomic mass is 10.1. The second kappa shape index (κ2) is 2.93. The van der Waals surface area contributed by atoms with Crippen LogP contribution >= 0.6 is 15.9 Å². The maximum Gasteiger partial charge on any atom is 0.342 e. The molecule has 0 heterocycles. The van der Waals surface area contributed by atoms with Crippen molar-refractivity contribution in [1.29, 1.82) is 5.41 Å². The summed E-state index contributed by atoms with van der Waals surface area (Å²) in [6, 6.07) is 0. The Labute approximate surface area is 60.1 Å². The highest BCUT2D eigenvalue weighted by atomic mass is 79.9. The number of nitrogens with one attached hydrogen (secondary N) is 1. The van der Waals surface area contributed by atoms with Gasteiger partial charge in [0.2, 0.25) is 5.60 Å². The Hall–Kier alpha value is -0.420. The number of aliphatic carboxylic acids is 1. The zero-order valence-corrected chi connectivity index (χ0v) is 6.05. The fourth-order valence-electron chi connectivity index (χ4n) is 0.157. The first-order valence-electron chi connectivity index (χ1n) is 2.10. The van der Waals surface area contributed by atoms with Crippen LogP contribution in [0.25, 0.3) is 0 Å². The fourth-order valence-corrected chi connectivity index (χ4v) is 0.559. The Balaban J connectivity index is 4.27. The third kappa shape index (κ3) is 1.76. The molecule has 1 atom stereocenters. The van der Waals surface area contributed by atoms with Crippen LogP contribution in [0.1, 0.15) is 0 Å². The molecule has 0 saturated heterocycles. The van der Waals surface area contributed by atoms with E-state index in [0.717, 1.165) is 0 Å². The molecule has 52 valence electrons. The van der Waals surface area contributed by atoms with Gasteiger partial charge in [-0.3, -0.25) is 0 Å². The molecule has 4 nitrogen and oxygen atoms in total. The number of carboxylic acid groups (broad SMARTS) is 1. The van der Waals surface area contributed by atoms with Gasteiger partial charge in [-0.1, -0.05) is 15.9 Å². The number of hydrogen-bond acceptors (Lipinski definition) is 3. The molecular weight excluding hydrogens is 190 g/mol. The van der Waals surface area contributed by atoms with Gasteiger partial charge in [0.15, 0.2) is 0 Å². The smallest absolute Gasteiger partial charge is 0.342 e. The molecule has 0 bridgehead atoms. The lowest BCUT2D eigenvalue weighted by molar-refractivity contribution is -0.149. The van der Waals surface area contributed by atoms with E-state index in [1.165, 1.54) is 0 Å². The molecule has 0 unspecified atom stereocenters. The van der Waals surface area contributed by atoms with E-state index in [4.69, 9.17) is 15.6 Å². The van der Waals surface area contributed by atoms with Gasteiger partial charge in [-0.05, 0) is 0 Å². The van der Waals surface area contributed by atoms with Crippen LogP contribution in [-0.4, -0.2) is 33.3 Å². The van der Waals surface area contributed by atoms with Crippen LogP contribution in [-0.2, 0) is 4.79 Å². The van der Waals surface area contributed by atoms with Crippen LogP contribution < -0.4 is 0 Å². The van der Waals surface area contributed by atoms with Crippen molar-refractivity contribution in [2.45, 2.75) is 5.60 Å². The normalized spacial score (nSPS) is 16.2. The fraction of sp³-hybridized carbons (Fsp3) is 0.500. The molecule has 0 saturated carbocycles. The third-order valence-corrected chi connectivity index (χ3v) is 1.67. The molecule has 0 fully saturated rings. The minimum absolute atomic E-state index is 0.168. The van der Waals surface area contributed by atoms with Crippen LogP contribution in [0, 0.1) is 5.41 Å². The lowest BCUT2D eigenvalue weighted by Crippen LogP contribution is -2.41. The summed E-state index contributed by atoms with van der Waals surface area (Å²) >= 11 is 2.75. The molecule has 0 aromatic rings. The maximum atomic E-state index is 10.1. The summed E-state index contributed by atoms with van der Waals surface area (Å²) in [6.07, 6.45) is 0.476. The third-order valence-electron chi connectivity index (χ3n) is 0.813. The van der Waals surface area contributed by atoms with Crippen molar-refractivity contribution < 1.29 is 15.0 Å². The van der Waals surface area contributed by atoms with Crippen molar-refractivity contribution in [3.05, 3.63) is 0 Å². The van der Waals surface area contributed by atoms with Gasteiger partial charge in [0, 0.05) is 11.5 Å². The minimum Gasteiger partial charge on any atom is -0.479 e. The molecule has 0 radical (unpaired) electrons. The largest absolute Gasteiger partial charge is 0.479 e. The summed E-state index contributed by atoms with van der Waals surface area (Å²) in [5, 5.41) is 23.4. The molecule has 9 heavy (non-hydrogen) atoms. The van der Waals surface area contributed by atoms with Crippen molar-refractivity contribution >= 4 is 28.1 Å². The summed E-state index contributed by atoms with van der Waals surface area (Å²) in [6.45, 7) is 0. The lowest BCUT2D eigenvalue weighted by Gasteiger charge is -2.12. The molecule has 0 aliphatic rings. The van der Waals surface area contributed by atoms with Crippen LogP contribution in [0.5, 0.6) is 0 Å². The molecule has 0 aliphatic heterocycles. The van der Waals surface area contributed by atoms with E-state index in [2.05, 4.69) is 15.9 Å². The quantitative estimate of drug-likeness (QED) is 0.433. The first-order valence-corrected chi connectivity index (χ1v) is 3.22. The number of aliphatic hydroxyl groups is 1. The van der Waals surface area contributed by atoms with Crippen LogP contribution in [0.2, 0.25) is 0 Å². The number of halogens is 1. The summed E-state index contributed by atoms with van der Waals surface area (Å²) < 4.78 is 0. The number of hydrogen-bond donors (Lipinski definition) is 3. The SMILES string of the molecule is N=C[C@](O)(CBr)C(=O)O. The van der Waals surface area contributed by atoms with Gasteiger partial charge in [-0.25, -0.2) is 4.79 Å². The van der Waals surface area contributed by atoms with E-state index in [9.17, 15) is 4.79 Å². The van der Waals surface area contributed by atoms with Gasteiger partial charge in [0.1, 0.15) is 0 Å². The Morgan fingerprint density at radius 2 is 2.33 bits per heavy atom. The Bertz CT molecular complexity index is 138. The van der Waals surface area contributed by atoms with Crippen molar-refractivity contribution in [2.75, 3.05) is 5.33 Å². The van der Waals surface area contributed by atoms with E-state index >= 15 is 0 Å². The highest BCUT2D eigenvalue weighted by Gasteiger charge is 2.31. The topological polar surface area (TPSA) is 81.4 Å².